The first-order valence-corrected chi connectivity index (χ1v) is 6.88. The molecule has 0 aliphatic rings. The van der Waals surface area contributed by atoms with Gasteiger partial charge < -0.3 is 9.26 Å². The molecule has 0 aromatic carbocycles. The van der Waals surface area contributed by atoms with E-state index in [9.17, 15) is 4.79 Å². The molecule has 2 rings (SSSR count). The van der Waals surface area contributed by atoms with E-state index >= 15 is 0 Å². The minimum atomic E-state index is -0.199. The van der Waals surface area contributed by atoms with E-state index in [0.29, 0.717) is 24.1 Å². The molecular formula is C11H16N4O3S. The van der Waals surface area contributed by atoms with Gasteiger partial charge in [0.2, 0.25) is 0 Å². The Hall–Kier alpha value is -1.54. The van der Waals surface area contributed by atoms with Crippen molar-refractivity contribution in [1.82, 2.24) is 19.9 Å². The number of hydrogen-bond donors (Lipinski definition) is 1. The molecule has 0 aliphatic heterocycles. The summed E-state index contributed by atoms with van der Waals surface area (Å²) in [6.07, 6.45) is 0.770. The van der Waals surface area contributed by atoms with Crippen LogP contribution in [-0.4, -0.2) is 33.6 Å². The first kappa shape index (κ1) is 13.9. The largest absolute Gasteiger partial charge is 0.385 e. The average molecular weight is 284 g/mol. The fourth-order valence-corrected chi connectivity index (χ4v) is 2.46. The van der Waals surface area contributed by atoms with Gasteiger partial charge in [0, 0.05) is 32.1 Å². The Morgan fingerprint density at radius 2 is 2.42 bits per heavy atom. The number of rotatable bonds is 7. The van der Waals surface area contributed by atoms with E-state index in [4.69, 9.17) is 9.26 Å². The van der Waals surface area contributed by atoms with Crippen LogP contribution >= 0.6 is 11.8 Å². The van der Waals surface area contributed by atoms with Crippen molar-refractivity contribution in [3.05, 3.63) is 28.0 Å². The molecule has 0 saturated heterocycles. The third-order valence-corrected chi connectivity index (χ3v) is 3.49. The van der Waals surface area contributed by atoms with E-state index in [1.54, 1.807) is 11.7 Å². The van der Waals surface area contributed by atoms with Gasteiger partial charge in [0.05, 0.1) is 5.69 Å². The Morgan fingerprint density at radius 1 is 1.58 bits per heavy atom. The quantitative estimate of drug-likeness (QED) is 0.607. The third kappa shape index (κ3) is 3.71. The molecule has 0 spiro atoms. The summed E-state index contributed by atoms with van der Waals surface area (Å²) in [4.78, 5) is 11.6. The van der Waals surface area contributed by atoms with Gasteiger partial charge in [0.15, 0.2) is 5.16 Å². The normalized spacial score (nSPS) is 11.1. The third-order valence-electron chi connectivity index (χ3n) is 2.48. The number of ether oxygens (including phenoxy) is 1. The molecule has 0 aliphatic carbocycles. The fourth-order valence-electron chi connectivity index (χ4n) is 1.60. The molecule has 0 bridgehead atoms. The van der Waals surface area contributed by atoms with Crippen LogP contribution in [0.4, 0.5) is 0 Å². The highest BCUT2D eigenvalue weighted by Gasteiger charge is 2.10. The highest BCUT2D eigenvalue weighted by atomic mass is 32.2. The van der Waals surface area contributed by atoms with Gasteiger partial charge in [0.25, 0.3) is 0 Å². The number of H-pyrrole nitrogens is 1. The van der Waals surface area contributed by atoms with Crippen molar-refractivity contribution >= 4 is 11.8 Å². The van der Waals surface area contributed by atoms with Crippen LogP contribution in [0, 0.1) is 6.92 Å². The number of aryl methyl sites for hydroxylation is 1. The standard InChI is InChI=1S/C11H16N4O3S/c1-8-6-9(14-18-8)7-19-11-13-12-10(16)15(11)4-3-5-17-2/h6H,3-5,7H2,1-2H3,(H,12,16). The molecule has 0 fully saturated rings. The van der Waals surface area contributed by atoms with Crippen LogP contribution in [0.25, 0.3) is 0 Å². The summed E-state index contributed by atoms with van der Waals surface area (Å²) in [7, 11) is 1.64. The van der Waals surface area contributed by atoms with Gasteiger partial charge in [-0.3, -0.25) is 4.57 Å². The highest BCUT2D eigenvalue weighted by Crippen LogP contribution is 2.19. The summed E-state index contributed by atoms with van der Waals surface area (Å²) in [5.41, 5.74) is 0.635. The Labute approximate surface area is 114 Å². The molecule has 1 N–H and O–H groups in total. The lowest BCUT2D eigenvalue weighted by Gasteiger charge is -2.03. The molecule has 2 aromatic rings. The van der Waals surface area contributed by atoms with Crippen LogP contribution in [0.1, 0.15) is 17.9 Å². The summed E-state index contributed by atoms with van der Waals surface area (Å²) in [6, 6.07) is 1.87. The van der Waals surface area contributed by atoms with Crippen molar-refractivity contribution in [2.45, 2.75) is 30.8 Å². The van der Waals surface area contributed by atoms with Crippen molar-refractivity contribution in [3.8, 4) is 0 Å². The zero-order chi connectivity index (χ0) is 13.7. The lowest BCUT2D eigenvalue weighted by molar-refractivity contribution is 0.189. The maximum atomic E-state index is 11.6. The van der Waals surface area contributed by atoms with E-state index in [0.717, 1.165) is 17.9 Å². The van der Waals surface area contributed by atoms with Crippen molar-refractivity contribution in [3.63, 3.8) is 0 Å². The van der Waals surface area contributed by atoms with Gasteiger partial charge in [-0.15, -0.1) is 5.10 Å². The maximum Gasteiger partial charge on any atom is 0.343 e. The Bertz CT molecular complexity index is 575. The molecular weight excluding hydrogens is 268 g/mol. The van der Waals surface area contributed by atoms with Gasteiger partial charge in [-0.2, -0.15) is 0 Å². The van der Waals surface area contributed by atoms with Crippen LogP contribution < -0.4 is 5.69 Å². The number of nitrogens with one attached hydrogen (secondary N) is 1. The molecule has 2 aromatic heterocycles. The van der Waals surface area contributed by atoms with Crippen LogP contribution in [-0.2, 0) is 17.0 Å². The molecule has 7 nitrogen and oxygen atoms in total. The molecule has 0 atom stereocenters. The monoisotopic (exact) mass is 284 g/mol. The lowest BCUT2D eigenvalue weighted by atomic mass is 10.4. The van der Waals surface area contributed by atoms with Crippen molar-refractivity contribution in [2.24, 2.45) is 0 Å². The zero-order valence-corrected chi connectivity index (χ0v) is 11.7. The molecule has 0 radical (unpaired) electrons. The molecule has 0 unspecified atom stereocenters. The zero-order valence-electron chi connectivity index (χ0n) is 10.9. The van der Waals surface area contributed by atoms with Crippen LogP contribution in [0.5, 0.6) is 0 Å². The van der Waals surface area contributed by atoms with Crippen LogP contribution in [0.2, 0.25) is 0 Å². The van der Waals surface area contributed by atoms with E-state index in [-0.39, 0.29) is 5.69 Å². The molecule has 2 heterocycles. The summed E-state index contributed by atoms with van der Waals surface area (Å²) >= 11 is 1.45. The van der Waals surface area contributed by atoms with Crippen molar-refractivity contribution < 1.29 is 9.26 Å². The Balaban J connectivity index is 1.98. The predicted molar refractivity (Wildman–Crippen MR) is 70.1 cm³/mol. The summed E-state index contributed by atoms with van der Waals surface area (Å²) < 4.78 is 11.6. The summed E-state index contributed by atoms with van der Waals surface area (Å²) in [6.45, 7) is 3.05. The topological polar surface area (TPSA) is 85.9 Å². The maximum absolute atomic E-state index is 11.6. The van der Waals surface area contributed by atoms with Gasteiger partial charge in [-0.25, -0.2) is 9.89 Å². The predicted octanol–water partition coefficient (Wildman–Crippen LogP) is 1.20. The van der Waals surface area contributed by atoms with Gasteiger partial charge >= 0.3 is 5.69 Å². The number of thioether (sulfide) groups is 1. The first-order valence-electron chi connectivity index (χ1n) is 5.90. The Morgan fingerprint density at radius 3 is 3.11 bits per heavy atom. The minimum Gasteiger partial charge on any atom is -0.385 e. The van der Waals surface area contributed by atoms with Gasteiger partial charge in [0.1, 0.15) is 5.76 Å². The fraction of sp³-hybridized carbons (Fsp3) is 0.545. The number of aromatic nitrogens is 4. The molecule has 104 valence electrons. The van der Waals surface area contributed by atoms with Gasteiger partial charge in [-0.05, 0) is 13.3 Å². The first-order chi connectivity index (χ1) is 9.20. The van der Waals surface area contributed by atoms with Crippen LogP contribution in [0.3, 0.4) is 0 Å². The van der Waals surface area contributed by atoms with Crippen molar-refractivity contribution in [2.75, 3.05) is 13.7 Å². The molecule has 0 amide bonds. The van der Waals surface area contributed by atoms with E-state index in [2.05, 4.69) is 15.4 Å². The molecule has 19 heavy (non-hydrogen) atoms. The second-order valence-electron chi connectivity index (χ2n) is 4.03. The summed E-state index contributed by atoms with van der Waals surface area (Å²) in [5, 5.41) is 11.0. The van der Waals surface area contributed by atoms with E-state index in [1.807, 2.05) is 13.0 Å². The number of nitrogens with zero attached hydrogens (tertiary/aromatic N) is 3. The van der Waals surface area contributed by atoms with E-state index in [1.165, 1.54) is 11.8 Å². The van der Waals surface area contributed by atoms with Crippen LogP contribution in [0.15, 0.2) is 20.5 Å². The minimum absolute atomic E-state index is 0.199. The smallest absolute Gasteiger partial charge is 0.343 e. The number of aromatic amines is 1. The lowest BCUT2D eigenvalue weighted by Crippen LogP contribution is -2.18. The number of methoxy groups -OCH3 is 1. The van der Waals surface area contributed by atoms with Crippen molar-refractivity contribution in [1.29, 1.82) is 0 Å². The van der Waals surface area contributed by atoms with Gasteiger partial charge in [-0.1, -0.05) is 16.9 Å². The SMILES string of the molecule is COCCCn1c(SCc2cc(C)on2)n[nH]c1=O. The average Bonchev–Trinajstić information content (AvgIpc) is 2.95. The highest BCUT2D eigenvalue weighted by molar-refractivity contribution is 7.98. The second kappa shape index (κ2) is 6.58. The van der Waals surface area contributed by atoms with E-state index < -0.39 is 0 Å². The second-order valence-corrected chi connectivity index (χ2v) is 4.97. The number of hydrogen-bond acceptors (Lipinski definition) is 6. The summed E-state index contributed by atoms with van der Waals surface area (Å²) in [5.74, 6) is 1.39. The molecule has 8 heteroatoms. The Kier molecular flexibility index (Phi) is 4.80. The molecule has 0 saturated carbocycles.